The van der Waals surface area contributed by atoms with E-state index in [1.54, 1.807) is 24.3 Å². The van der Waals surface area contributed by atoms with Crippen LogP contribution in [0.5, 0.6) is 0 Å². The summed E-state index contributed by atoms with van der Waals surface area (Å²) in [5, 5.41) is 0. The Morgan fingerprint density at radius 2 is 1.76 bits per heavy atom. The molecule has 2 aliphatic rings. The van der Waals surface area contributed by atoms with E-state index >= 15 is 0 Å². The fourth-order valence-electron chi connectivity index (χ4n) is 3.50. The summed E-state index contributed by atoms with van der Waals surface area (Å²) in [6, 6.07) is 11.3. The van der Waals surface area contributed by atoms with E-state index in [4.69, 9.17) is 0 Å². The molecule has 126 valence electrons. The van der Waals surface area contributed by atoms with Crippen molar-refractivity contribution in [3.05, 3.63) is 65.5 Å². The lowest BCUT2D eigenvalue weighted by molar-refractivity contribution is -0.121. The van der Waals surface area contributed by atoms with E-state index in [1.807, 2.05) is 0 Å². The smallest absolute Gasteiger partial charge is 0.268 e. The van der Waals surface area contributed by atoms with Crippen LogP contribution in [0.3, 0.4) is 0 Å². The van der Waals surface area contributed by atoms with Gasteiger partial charge in [-0.05, 0) is 37.1 Å². The molecule has 2 aromatic rings. The molecule has 0 N–H and O–H groups in total. The minimum absolute atomic E-state index is 0.190. The van der Waals surface area contributed by atoms with Crippen molar-refractivity contribution in [2.75, 3.05) is 11.4 Å². The Bertz CT molecular complexity index is 896. The summed E-state index contributed by atoms with van der Waals surface area (Å²) in [4.78, 5) is 41.3. The van der Waals surface area contributed by atoms with Crippen molar-refractivity contribution in [3.63, 3.8) is 0 Å². The molecule has 6 heteroatoms. The van der Waals surface area contributed by atoms with Crippen LogP contribution in [-0.2, 0) is 4.79 Å². The number of para-hydroxylation sites is 1. The quantitative estimate of drug-likeness (QED) is 0.751. The number of hydrogen-bond acceptors (Lipinski definition) is 3. The Morgan fingerprint density at radius 1 is 1.04 bits per heavy atom. The summed E-state index contributed by atoms with van der Waals surface area (Å²) < 4.78 is 14.1. The maximum atomic E-state index is 14.1. The molecule has 1 saturated heterocycles. The van der Waals surface area contributed by atoms with Crippen LogP contribution in [0.4, 0.5) is 10.1 Å². The van der Waals surface area contributed by atoms with E-state index in [2.05, 4.69) is 0 Å². The number of carbonyl (C=O) groups is 3. The second kappa shape index (κ2) is 5.81. The Labute approximate surface area is 143 Å². The van der Waals surface area contributed by atoms with Crippen LogP contribution in [-0.4, -0.2) is 35.2 Å². The van der Waals surface area contributed by atoms with Crippen LogP contribution < -0.4 is 4.90 Å². The van der Waals surface area contributed by atoms with E-state index < -0.39 is 23.7 Å². The van der Waals surface area contributed by atoms with Gasteiger partial charge in [0.15, 0.2) is 0 Å². The van der Waals surface area contributed by atoms with Gasteiger partial charge in [0.05, 0.1) is 16.8 Å². The molecule has 0 bridgehead atoms. The molecule has 25 heavy (non-hydrogen) atoms. The van der Waals surface area contributed by atoms with Gasteiger partial charge in [0, 0.05) is 6.54 Å². The summed E-state index contributed by atoms with van der Waals surface area (Å²) in [6.07, 6.45) is 1.20. The molecule has 2 heterocycles. The maximum absolute atomic E-state index is 14.1. The second-order valence-electron chi connectivity index (χ2n) is 6.13. The predicted octanol–water partition coefficient (Wildman–Crippen LogP) is 2.62. The molecular formula is C19H15FN2O3. The molecule has 0 radical (unpaired) electrons. The molecule has 1 unspecified atom stereocenters. The Hall–Kier alpha value is -3.02. The normalized spacial score (nSPS) is 19.5. The van der Waals surface area contributed by atoms with E-state index in [1.165, 1.54) is 29.2 Å². The zero-order valence-corrected chi connectivity index (χ0v) is 13.3. The van der Waals surface area contributed by atoms with Crippen LogP contribution in [0.15, 0.2) is 48.5 Å². The van der Waals surface area contributed by atoms with Crippen molar-refractivity contribution in [1.82, 2.24) is 4.90 Å². The zero-order chi connectivity index (χ0) is 17.6. The molecule has 0 saturated carbocycles. The molecule has 0 spiro atoms. The molecule has 1 atom stereocenters. The average Bonchev–Trinajstić information content (AvgIpc) is 3.09. The Kier molecular flexibility index (Phi) is 3.60. The lowest BCUT2D eigenvalue weighted by Gasteiger charge is -2.24. The van der Waals surface area contributed by atoms with Gasteiger partial charge >= 0.3 is 0 Å². The minimum Gasteiger partial charge on any atom is -0.327 e. The van der Waals surface area contributed by atoms with Crippen LogP contribution in [0.25, 0.3) is 0 Å². The van der Waals surface area contributed by atoms with Gasteiger partial charge in [-0.15, -0.1) is 0 Å². The van der Waals surface area contributed by atoms with Gasteiger partial charge in [0.1, 0.15) is 11.9 Å². The van der Waals surface area contributed by atoms with Gasteiger partial charge in [-0.2, -0.15) is 0 Å². The molecule has 3 amide bonds. The number of rotatable bonds is 1. The number of hydrogen-bond donors (Lipinski definition) is 0. The van der Waals surface area contributed by atoms with Crippen molar-refractivity contribution in [1.29, 1.82) is 0 Å². The third-order valence-electron chi connectivity index (χ3n) is 4.70. The van der Waals surface area contributed by atoms with Crippen LogP contribution >= 0.6 is 0 Å². The predicted molar refractivity (Wildman–Crippen MR) is 88.7 cm³/mol. The summed E-state index contributed by atoms with van der Waals surface area (Å²) >= 11 is 0. The summed E-state index contributed by atoms with van der Waals surface area (Å²) in [5.41, 5.74) is 0.301. The topological polar surface area (TPSA) is 57.7 Å². The van der Waals surface area contributed by atoms with Crippen LogP contribution in [0.1, 0.15) is 33.6 Å². The van der Waals surface area contributed by atoms with Crippen molar-refractivity contribution in [2.45, 2.75) is 18.9 Å². The summed E-state index contributed by atoms with van der Waals surface area (Å²) in [7, 11) is 0. The summed E-state index contributed by atoms with van der Waals surface area (Å²) in [6.45, 7) is 0.477. The van der Waals surface area contributed by atoms with Gasteiger partial charge in [0.25, 0.3) is 17.7 Å². The third-order valence-corrected chi connectivity index (χ3v) is 4.70. The molecule has 4 rings (SSSR count). The third kappa shape index (κ3) is 2.33. The number of carbonyl (C=O) groups excluding carboxylic acids is 3. The number of fused-ring (bicyclic) bond motifs is 2. The zero-order valence-electron chi connectivity index (χ0n) is 13.3. The average molecular weight is 338 g/mol. The van der Waals surface area contributed by atoms with Gasteiger partial charge in [-0.25, -0.2) is 9.29 Å². The first-order valence-corrected chi connectivity index (χ1v) is 8.12. The van der Waals surface area contributed by atoms with E-state index in [9.17, 15) is 18.8 Å². The van der Waals surface area contributed by atoms with E-state index in [0.29, 0.717) is 19.4 Å². The standard InChI is InChI=1S/C19H15FN2O3/c20-14-8-3-1-6-12(14)18(24)22-15-9-4-2-7-13(15)17(23)21-11-5-10-16(21)19(22)25/h1-4,6-9,16H,5,10-11H2. The Balaban J connectivity index is 1.89. The molecule has 1 fully saturated rings. The summed E-state index contributed by atoms with van der Waals surface area (Å²) in [5.74, 6) is -2.20. The molecule has 2 aromatic carbocycles. The van der Waals surface area contributed by atoms with Gasteiger partial charge in [-0.1, -0.05) is 24.3 Å². The maximum Gasteiger partial charge on any atom is 0.268 e. The number of imide groups is 1. The largest absolute Gasteiger partial charge is 0.327 e. The number of benzene rings is 2. The van der Waals surface area contributed by atoms with Crippen molar-refractivity contribution < 1.29 is 18.8 Å². The van der Waals surface area contributed by atoms with Crippen molar-refractivity contribution >= 4 is 23.4 Å². The second-order valence-corrected chi connectivity index (χ2v) is 6.13. The van der Waals surface area contributed by atoms with E-state index in [-0.39, 0.29) is 22.7 Å². The first-order chi connectivity index (χ1) is 12.1. The van der Waals surface area contributed by atoms with Gasteiger partial charge < -0.3 is 4.90 Å². The number of halogens is 1. The molecule has 0 aliphatic carbocycles. The number of amides is 3. The van der Waals surface area contributed by atoms with Crippen molar-refractivity contribution in [2.24, 2.45) is 0 Å². The highest BCUT2D eigenvalue weighted by Gasteiger charge is 2.44. The molecule has 5 nitrogen and oxygen atoms in total. The highest BCUT2D eigenvalue weighted by Crippen LogP contribution is 2.33. The van der Waals surface area contributed by atoms with Gasteiger partial charge in [0.2, 0.25) is 0 Å². The monoisotopic (exact) mass is 338 g/mol. The van der Waals surface area contributed by atoms with Gasteiger partial charge in [-0.3, -0.25) is 14.4 Å². The SMILES string of the molecule is O=C(c1ccccc1F)N1C(=O)C2CCCN2C(=O)c2ccccc21. The first-order valence-electron chi connectivity index (χ1n) is 8.12. The first kappa shape index (κ1) is 15.5. The highest BCUT2D eigenvalue weighted by molar-refractivity contribution is 6.26. The minimum atomic E-state index is -0.753. The lowest BCUT2D eigenvalue weighted by Crippen LogP contribution is -2.47. The fraction of sp³-hybridized carbons (Fsp3) is 0.211. The highest BCUT2D eigenvalue weighted by atomic mass is 19.1. The van der Waals surface area contributed by atoms with Crippen LogP contribution in [0, 0.1) is 5.82 Å². The lowest BCUT2D eigenvalue weighted by atomic mass is 10.1. The molecule has 0 aromatic heterocycles. The molecule has 2 aliphatic heterocycles. The number of anilines is 1. The number of nitrogens with zero attached hydrogens (tertiary/aromatic N) is 2. The fourth-order valence-corrected chi connectivity index (χ4v) is 3.50. The van der Waals surface area contributed by atoms with Crippen molar-refractivity contribution in [3.8, 4) is 0 Å². The Morgan fingerprint density at radius 3 is 2.56 bits per heavy atom. The van der Waals surface area contributed by atoms with E-state index in [0.717, 1.165) is 4.90 Å². The van der Waals surface area contributed by atoms with Crippen LogP contribution in [0.2, 0.25) is 0 Å². The molecular weight excluding hydrogens is 323 g/mol.